The minimum absolute atomic E-state index is 0.567. The van der Waals surface area contributed by atoms with Crippen LogP contribution in [-0.2, 0) is 7.05 Å². The first-order chi connectivity index (χ1) is 9.81. The van der Waals surface area contributed by atoms with Crippen molar-refractivity contribution in [2.45, 2.75) is 18.9 Å². The smallest absolute Gasteiger partial charge is 0.223 e. The van der Waals surface area contributed by atoms with Crippen LogP contribution >= 0.6 is 0 Å². The third-order valence-corrected chi connectivity index (χ3v) is 3.74. The Hall–Kier alpha value is -2.36. The second-order valence-electron chi connectivity index (χ2n) is 5.35. The zero-order valence-corrected chi connectivity index (χ0v) is 11.4. The third-order valence-electron chi connectivity index (χ3n) is 3.74. The first-order valence-corrected chi connectivity index (χ1v) is 6.95. The van der Waals surface area contributed by atoms with E-state index in [4.69, 9.17) is 0 Å². The molecule has 1 aliphatic carbocycles. The molecule has 1 aromatic carbocycles. The van der Waals surface area contributed by atoms with E-state index in [2.05, 4.69) is 57.4 Å². The number of hydrogen-bond donors (Lipinski definition) is 1. The highest BCUT2D eigenvalue weighted by Gasteiger charge is 2.22. The molecule has 4 heteroatoms. The normalized spacial score (nSPS) is 14.7. The molecule has 1 N–H and O–H groups in total. The van der Waals surface area contributed by atoms with Gasteiger partial charge in [-0.25, -0.2) is 9.97 Å². The molecule has 0 aliphatic heterocycles. The lowest BCUT2D eigenvalue weighted by molar-refractivity contribution is 0.969. The van der Waals surface area contributed by atoms with Gasteiger partial charge in [-0.1, -0.05) is 18.2 Å². The van der Waals surface area contributed by atoms with Crippen molar-refractivity contribution in [3.63, 3.8) is 0 Å². The zero-order chi connectivity index (χ0) is 13.5. The van der Waals surface area contributed by atoms with Gasteiger partial charge in [0.15, 0.2) is 0 Å². The van der Waals surface area contributed by atoms with E-state index in [1.807, 2.05) is 12.3 Å². The maximum Gasteiger partial charge on any atom is 0.223 e. The van der Waals surface area contributed by atoms with E-state index < -0.39 is 0 Å². The fourth-order valence-electron chi connectivity index (χ4n) is 2.53. The maximum absolute atomic E-state index is 4.65. The monoisotopic (exact) mass is 264 g/mol. The van der Waals surface area contributed by atoms with Crippen molar-refractivity contribution in [3.05, 3.63) is 42.7 Å². The molecule has 0 saturated heterocycles. The van der Waals surface area contributed by atoms with Crippen molar-refractivity contribution in [1.29, 1.82) is 0 Å². The predicted molar refractivity (Wildman–Crippen MR) is 80.6 cm³/mol. The first kappa shape index (κ1) is 11.5. The standard InChI is InChI=1S/C16H16N4/c1-20-10-13(12-4-2-3-5-15(12)20)14-8-9-17-16(19-14)18-11-6-7-11/h2-5,8-11H,6-7H2,1H3,(H,17,18,19). The van der Waals surface area contributed by atoms with Crippen LogP contribution in [0.25, 0.3) is 22.2 Å². The van der Waals surface area contributed by atoms with Crippen molar-refractivity contribution in [2.24, 2.45) is 7.05 Å². The SMILES string of the molecule is Cn1cc(-c2ccnc(NC3CC3)n2)c2ccccc21. The van der Waals surface area contributed by atoms with Crippen molar-refractivity contribution in [3.8, 4) is 11.3 Å². The Kier molecular flexibility index (Phi) is 2.49. The van der Waals surface area contributed by atoms with Crippen LogP contribution in [0.3, 0.4) is 0 Å². The molecule has 1 aliphatic rings. The van der Waals surface area contributed by atoms with Gasteiger partial charge in [-0.2, -0.15) is 0 Å². The van der Waals surface area contributed by atoms with Crippen molar-refractivity contribution in [2.75, 3.05) is 5.32 Å². The summed E-state index contributed by atoms with van der Waals surface area (Å²) in [4.78, 5) is 8.95. The summed E-state index contributed by atoms with van der Waals surface area (Å²) in [5, 5.41) is 4.58. The molecule has 0 bridgehead atoms. The lowest BCUT2D eigenvalue weighted by Gasteiger charge is -2.04. The summed E-state index contributed by atoms with van der Waals surface area (Å²) in [6, 6.07) is 10.9. The quantitative estimate of drug-likeness (QED) is 0.790. The topological polar surface area (TPSA) is 42.7 Å². The van der Waals surface area contributed by atoms with Gasteiger partial charge in [0, 0.05) is 41.9 Å². The van der Waals surface area contributed by atoms with Crippen molar-refractivity contribution >= 4 is 16.9 Å². The molecule has 0 atom stereocenters. The Balaban J connectivity index is 1.81. The molecule has 2 aromatic heterocycles. The van der Waals surface area contributed by atoms with Crippen molar-refractivity contribution in [1.82, 2.24) is 14.5 Å². The molecular formula is C16H16N4. The van der Waals surface area contributed by atoms with E-state index in [9.17, 15) is 0 Å². The lowest BCUT2D eigenvalue weighted by atomic mass is 10.1. The summed E-state index contributed by atoms with van der Waals surface area (Å²) in [6.45, 7) is 0. The minimum Gasteiger partial charge on any atom is -0.351 e. The summed E-state index contributed by atoms with van der Waals surface area (Å²) in [6.07, 6.45) is 6.41. The van der Waals surface area contributed by atoms with E-state index >= 15 is 0 Å². The number of fused-ring (bicyclic) bond motifs is 1. The molecular weight excluding hydrogens is 248 g/mol. The number of para-hydroxylation sites is 1. The maximum atomic E-state index is 4.65. The largest absolute Gasteiger partial charge is 0.351 e. The fraction of sp³-hybridized carbons (Fsp3) is 0.250. The third kappa shape index (κ3) is 1.93. The first-order valence-electron chi connectivity index (χ1n) is 6.95. The summed E-state index contributed by atoms with van der Waals surface area (Å²) in [5.74, 6) is 0.734. The van der Waals surface area contributed by atoms with E-state index in [1.54, 1.807) is 0 Å². The lowest BCUT2D eigenvalue weighted by Crippen LogP contribution is -2.05. The van der Waals surface area contributed by atoms with Gasteiger partial charge in [-0.3, -0.25) is 0 Å². The molecule has 1 saturated carbocycles. The van der Waals surface area contributed by atoms with Crippen LogP contribution < -0.4 is 5.32 Å². The van der Waals surface area contributed by atoms with E-state index in [0.717, 1.165) is 17.2 Å². The van der Waals surface area contributed by atoms with Crippen LogP contribution in [0, 0.1) is 0 Å². The Bertz CT molecular complexity index is 771. The molecule has 0 unspecified atom stereocenters. The number of nitrogens with zero attached hydrogens (tertiary/aromatic N) is 3. The predicted octanol–water partition coefficient (Wildman–Crippen LogP) is 3.21. The molecule has 3 aromatic rings. The summed E-state index contributed by atoms with van der Waals surface area (Å²) in [7, 11) is 2.07. The van der Waals surface area contributed by atoms with Crippen LogP contribution in [-0.4, -0.2) is 20.6 Å². The highest BCUT2D eigenvalue weighted by atomic mass is 15.1. The second kappa shape index (κ2) is 4.34. The van der Waals surface area contributed by atoms with E-state index in [0.29, 0.717) is 6.04 Å². The van der Waals surface area contributed by atoms with Crippen LogP contribution in [0.4, 0.5) is 5.95 Å². The number of benzene rings is 1. The van der Waals surface area contributed by atoms with E-state index in [-0.39, 0.29) is 0 Å². The molecule has 4 rings (SSSR count). The number of nitrogens with one attached hydrogen (secondary N) is 1. The van der Waals surface area contributed by atoms with E-state index in [1.165, 1.54) is 23.7 Å². The molecule has 0 spiro atoms. The number of hydrogen-bond acceptors (Lipinski definition) is 3. The molecule has 2 heterocycles. The highest BCUT2D eigenvalue weighted by Crippen LogP contribution is 2.29. The Morgan fingerprint density at radius 1 is 1.20 bits per heavy atom. The van der Waals surface area contributed by atoms with Gasteiger partial charge in [-0.05, 0) is 25.0 Å². The van der Waals surface area contributed by atoms with Gasteiger partial charge >= 0.3 is 0 Å². The number of aromatic nitrogens is 3. The molecule has 4 nitrogen and oxygen atoms in total. The Labute approximate surface area is 117 Å². The summed E-state index contributed by atoms with van der Waals surface area (Å²) in [5.41, 5.74) is 3.35. The summed E-state index contributed by atoms with van der Waals surface area (Å²) < 4.78 is 2.14. The van der Waals surface area contributed by atoms with Crippen LogP contribution in [0.2, 0.25) is 0 Å². The molecule has 0 radical (unpaired) electrons. The molecule has 1 fully saturated rings. The van der Waals surface area contributed by atoms with Gasteiger partial charge in [0.1, 0.15) is 0 Å². The van der Waals surface area contributed by atoms with Gasteiger partial charge in [0.05, 0.1) is 5.69 Å². The van der Waals surface area contributed by atoms with Crippen LogP contribution in [0.5, 0.6) is 0 Å². The second-order valence-corrected chi connectivity index (χ2v) is 5.35. The highest BCUT2D eigenvalue weighted by molar-refractivity contribution is 5.95. The average molecular weight is 264 g/mol. The Morgan fingerprint density at radius 3 is 2.90 bits per heavy atom. The zero-order valence-electron chi connectivity index (χ0n) is 11.4. The number of anilines is 1. The molecule has 20 heavy (non-hydrogen) atoms. The number of aryl methyl sites for hydroxylation is 1. The number of rotatable bonds is 3. The van der Waals surface area contributed by atoms with Gasteiger partial charge in [0.2, 0.25) is 5.95 Å². The van der Waals surface area contributed by atoms with Gasteiger partial charge in [-0.15, -0.1) is 0 Å². The Morgan fingerprint density at radius 2 is 2.05 bits per heavy atom. The fourth-order valence-corrected chi connectivity index (χ4v) is 2.53. The van der Waals surface area contributed by atoms with Crippen molar-refractivity contribution < 1.29 is 0 Å². The summed E-state index contributed by atoms with van der Waals surface area (Å²) >= 11 is 0. The van der Waals surface area contributed by atoms with Gasteiger partial charge in [0.25, 0.3) is 0 Å². The van der Waals surface area contributed by atoms with Crippen LogP contribution in [0.1, 0.15) is 12.8 Å². The molecule has 100 valence electrons. The molecule has 0 amide bonds. The van der Waals surface area contributed by atoms with Gasteiger partial charge < -0.3 is 9.88 Å². The van der Waals surface area contributed by atoms with Crippen LogP contribution in [0.15, 0.2) is 42.7 Å². The average Bonchev–Trinajstić information content (AvgIpc) is 3.22. The minimum atomic E-state index is 0.567.